The lowest BCUT2D eigenvalue weighted by Crippen LogP contribution is -2.42. The molecule has 4 heterocycles. The molecule has 3 aromatic rings. The van der Waals surface area contributed by atoms with Gasteiger partial charge in [0.15, 0.2) is 6.10 Å². The minimum atomic E-state index is -0.709. The number of amides is 1. The van der Waals surface area contributed by atoms with E-state index in [4.69, 9.17) is 25.0 Å². The van der Waals surface area contributed by atoms with Crippen LogP contribution >= 0.6 is 0 Å². The lowest BCUT2D eigenvalue weighted by atomic mass is 10.0. The normalized spacial score (nSPS) is 15.9. The van der Waals surface area contributed by atoms with Gasteiger partial charge >= 0.3 is 6.09 Å². The number of carbonyl (C=O) groups excluding carboxylic acids is 1. The van der Waals surface area contributed by atoms with Crippen LogP contribution in [0.4, 0.5) is 9.18 Å². The van der Waals surface area contributed by atoms with E-state index in [9.17, 15) is 14.4 Å². The third kappa shape index (κ3) is 7.19. The van der Waals surface area contributed by atoms with Crippen LogP contribution in [0.1, 0.15) is 63.5 Å². The van der Waals surface area contributed by atoms with Crippen molar-refractivity contribution in [2.45, 2.75) is 58.3 Å². The Morgan fingerprint density at radius 1 is 1.29 bits per heavy atom. The van der Waals surface area contributed by atoms with E-state index in [0.29, 0.717) is 65.4 Å². The average Bonchev–Trinajstić information content (AvgIpc) is 3.36. The second-order valence-electron chi connectivity index (χ2n) is 10.9. The Balaban J connectivity index is 1.61. The SMILES string of the molecule is COCC(Oc1cc(/C(=N/N)C(C)=NC2CCN(C(=O)OC(C)(C)C)CC2)cn2ncc(C#N)c12)c1ccc(F)cn1. The van der Waals surface area contributed by atoms with Crippen LogP contribution in [0.15, 0.2) is 46.9 Å². The summed E-state index contributed by atoms with van der Waals surface area (Å²) in [6, 6.07) is 6.60. The molecule has 4 rings (SSSR count). The van der Waals surface area contributed by atoms with Gasteiger partial charge in [0.05, 0.1) is 36.4 Å². The van der Waals surface area contributed by atoms with Crippen LogP contribution < -0.4 is 10.6 Å². The summed E-state index contributed by atoms with van der Waals surface area (Å²) < 4.78 is 32.2. The van der Waals surface area contributed by atoms with Crippen molar-refractivity contribution in [1.82, 2.24) is 19.5 Å². The number of fused-ring (bicyclic) bond motifs is 1. The first-order valence-corrected chi connectivity index (χ1v) is 13.5. The molecule has 1 aliphatic rings. The van der Waals surface area contributed by atoms with Crippen molar-refractivity contribution >= 4 is 23.0 Å². The fourth-order valence-corrected chi connectivity index (χ4v) is 4.66. The molecule has 222 valence electrons. The number of nitrogens with zero attached hydrogens (tertiary/aromatic N) is 7. The predicted molar refractivity (Wildman–Crippen MR) is 154 cm³/mol. The van der Waals surface area contributed by atoms with Crippen LogP contribution in [0.3, 0.4) is 0 Å². The van der Waals surface area contributed by atoms with Gasteiger partial charge in [0.25, 0.3) is 0 Å². The highest BCUT2D eigenvalue weighted by atomic mass is 19.1. The molecule has 13 heteroatoms. The molecule has 0 aromatic carbocycles. The van der Waals surface area contributed by atoms with E-state index in [2.05, 4.69) is 21.3 Å². The Kier molecular flexibility index (Phi) is 9.37. The number of carbonyl (C=O) groups is 1. The number of hydrogen-bond donors (Lipinski definition) is 1. The number of aromatic nitrogens is 3. The predicted octanol–water partition coefficient (Wildman–Crippen LogP) is 4.03. The van der Waals surface area contributed by atoms with Gasteiger partial charge in [-0.3, -0.25) is 9.98 Å². The van der Waals surface area contributed by atoms with E-state index >= 15 is 0 Å². The van der Waals surface area contributed by atoms with Gasteiger partial charge in [0.2, 0.25) is 0 Å². The number of halogens is 1. The molecule has 0 aliphatic carbocycles. The van der Waals surface area contributed by atoms with Crippen LogP contribution in [0.2, 0.25) is 0 Å². The van der Waals surface area contributed by atoms with E-state index < -0.39 is 17.5 Å². The maximum atomic E-state index is 13.5. The van der Waals surface area contributed by atoms with Crippen molar-refractivity contribution in [3.05, 3.63) is 59.4 Å². The quantitative estimate of drug-likeness (QED) is 0.239. The molecule has 0 bridgehead atoms. The second kappa shape index (κ2) is 12.9. The van der Waals surface area contributed by atoms with Gasteiger partial charge in [-0.2, -0.15) is 15.5 Å². The van der Waals surface area contributed by atoms with E-state index in [-0.39, 0.29) is 18.7 Å². The molecule has 2 N–H and O–H groups in total. The van der Waals surface area contributed by atoms with Gasteiger partial charge in [0.1, 0.15) is 40.0 Å². The Morgan fingerprint density at radius 3 is 2.62 bits per heavy atom. The van der Waals surface area contributed by atoms with Crippen LogP contribution in [0.25, 0.3) is 5.52 Å². The first-order valence-electron chi connectivity index (χ1n) is 13.5. The van der Waals surface area contributed by atoms with Crippen molar-refractivity contribution < 1.29 is 23.4 Å². The van der Waals surface area contributed by atoms with Crippen molar-refractivity contribution in [3.63, 3.8) is 0 Å². The lowest BCUT2D eigenvalue weighted by molar-refractivity contribution is 0.0207. The van der Waals surface area contributed by atoms with E-state index in [1.807, 2.05) is 27.7 Å². The smallest absolute Gasteiger partial charge is 0.410 e. The molecule has 1 atom stereocenters. The Hall–Kier alpha value is -4.57. The molecule has 42 heavy (non-hydrogen) atoms. The molecular formula is C29H35FN8O4. The Labute approximate surface area is 243 Å². The summed E-state index contributed by atoms with van der Waals surface area (Å²) in [5, 5.41) is 18.1. The molecule has 0 radical (unpaired) electrons. The van der Waals surface area contributed by atoms with Crippen LogP contribution in [0.5, 0.6) is 5.75 Å². The summed E-state index contributed by atoms with van der Waals surface area (Å²) in [6.45, 7) is 8.51. The molecule has 0 spiro atoms. The van der Waals surface area contributed by atoms with Gasteiger partial charge < -0.3 is 25.0 Å². The highest BCUT2D eigenvalue weighted by Gasteiger charge is 2.27. The first kappa shape index (κ1) is 30.4. The third-order valence-corrected chi connectivity index (χ3v) is 6.60. The van der Waals surface area contributed by atoms with Crippen LogP contribution in [0, 0.1) is 17.1 Å². The molecule has 3 aromatic heterocycles. The number of aliphatic imine (C=N–C) groups is 1. The Morgan fingerprint density at radius 2 is 2.02 bits per heavy atom. The molecule has 1 aliphatic heterocycles. The topological polar surface area (TPSA) is 153 Å². The van der Waals surface area contributed by atoms with Crippen molar-refractivity contribution in [2.75, 3.05) is 26.8 Å². The maximum Gasteiger partial charge on any atom is 0.410 e. The van der Waals surface area contributed by atoms with Crippen molar-refractivity contribution in [3.8, 4) is 11.8 Å². The molecule has 1 amide bonds. The summed E-state index contributed by atoms with van der Waals surface area (Å²) in [5.41, 5.74) is 2.19. The molecule has 1 fully saturated rings. The summed E-state index contributed by atoms with van der Waals surface area (Å²) in [4.78, 5) is 23.1. The zero-order chi connectivity index (χ0) is 30.4. The first-order chi connectivity index (χ1) is 20.0. The minimum Gasteiger partial charge on any atom is -0.479 e. The minimum absolute atomic E-state index is 0.0367. The number of pyridine rings is 2. The summed E-state index contributed by atoms with van der Waals surface area (Å²) in [7, 11) is 1.52. The zero-order valence-electron chi connectivity index (χ0n) is 24.4. The molecule has 1 saturated heterocycles. The van der Waals surface area contributed by atoms with Gasteiger partial charge in [-0.25, -0.2) is 13.7 Å². The number of hydrogen-bond acceptors (Lipinski definition) is 10. The lowest BCUT2D eigenvalue weighted by Gasteiger charge is -2.32. The fourth-order valence-electron chi connectivity index (χ4n) is 4.66. The number of ether oxygens (including phenoxy) is 3. The summed E-state index contributed by atoms with van der Waals surface area (Å²) >= 11 is 0. The monoisotopic (exact) mass is 578 g/mol. The molecule has 1 unspecified atom stereocenters. The number of piperidine rings is 1. The van der Waals surface area contributed by atoms with Crippen LogP contribution in [-0.2, 0) is 9.47 Å². The number of likely N-dealkylation sites (tertiary alicyclic amines) is 1. The van der Waals surface area contributed by atoms with Crippen LogP contribution in [-0.4, -0.2) is 75.5 Å². The van der Waals surface area contributed by atoms with Gasteiger partial charge in [-0.1, -0.05) is 0 Å². The van der Waals surface area contributed by atoms with E-state index in [1.165, 1.54) is 30.0 Å². The maximum absolute atomic E-state index is 13.5. The van der Waals surface area contributed by atoms with E-state index in [0.717, 1.165) is 6.20 Å². The largest absolute Gasteiger partial charge is 0.479 e. The fraction of sp³-hybridized carbons (Fsp3) is 0.448. The summed E-state index contributed by atoms with van der Waals surface area (Å²) in [6.07, 6.45) is 4.52. The standard InChI is InChI=1S/C29H35FN8O4/c1-18(35-22-8-10-37(11-9-22)28(39)42-29(2,3)4)26(36-32)19-12-24(27-20(13-31)14-34-38(27)16-19)41-25(17-40-5)23-7-6-21(30)15-33-23/h6-7,12,14-16,22,25H,8-11,17,32H2,1-5H3/b35-18?,36-26+. The molecule has 0 saturated carbocycles. The average molecular weight is 579 g/mol. The Bertz CT molecular complexity index is 1510. The molecule has 12 nitrogen and oxygen atoms in total. The number of rotatable bonds is 8. The number of methoxy groups -OCH3 is 1. The van der Waals surface area contributed by atoms with Crippen molar-refractivity contribution in [1.29, 1.82) is 5.26 Å². The molecular weight excluding hydrogens is 543 g/mol. The number of nitrogens with two attached hydrogens (primary N) is 1. The highest BCUT2D eigenvalue weighted by molar-refractivity contribution is 6.47. The van der Waals surface area contributed by atoms with E-state index in [1.54, 1.807) is 17.2 Å². The van der Waals surface area contributed by atoms with Gasteiger partial charge in [-0.15, -0.1) is 0 Å². The number of nitriles is 1. The number of hydrazone groups is 1. The van der Waals surface area contributed by atoms with Gasteiger partial charge in [0, 0.05) is 32.0 Å². The van der Waals surface area contributed by atoms with Crippen molar-refractivity contribution in [2.24, 2.45) is 15.9 Å². The summed E-state index contributed by atoms with van der Waals surface area (Å²) in [5.74, 6) is 5.70. The zero-order valence-corrected chi connectivity index (χ0v) is 24.4. The second-order valence-corrected chi connectivity index (χ2v) is 10.9. The third-order valence-electron chi connectivity index (χ3n) is 6.60. The van der Waals surface area contributed by atoms with Gasteiger partial charge in [-0.05, 0) is 58.7 Å². The highest BCUT2D eigenvalue weighted by Crippen LogP contribution is 2.30.